The first kappa shape index (κ1) is 23.2. The van der Waals surface area contributed by atoms with Gasteiger partial charge in [-0.05, 0) is 69.7 Å². The van der Waals surface area contributed by atoms with Gasteiger partial charge in [0, 0.05) is 51.4 Å². The number of amides is 2. The maximum absolute atomic E-state index is 13.2. The highest BCUT2D eigenvalue weighted by Crippen LogP contribution is 2.25. The van der Waals surface area contributed by atoms with Crippen LogP contribution in [0.15, 0.2) is 24.3 Å². The van der Waals surface area contributed by atoms with E-state index in [9.17, 15) is 14.0 Å². The molecule has 7 heteroatoms. The zero-order chi connectivity index (χ0) is 22.7. The van der Waals surface area contributed by atoms with Gasteiger partial charge in [-0.25, -0.2) is 4.39 Å². The van der Waals surface area contributed by atoms with E-state index < -0.39 is 0 Å². The first-order valence-corrected chi connectivity index (χ1v) is 12.1. The third-order valence-corrected chi connectivity index (χ3v) is 7.09. The number of benzene rings is 1. The van der Waals surface area contributed by atoms with Gasteiger partial charge in [0.25, 0.3) is 5.91 Å². The van der Waals surface area contributed by atoms with Crippen molar-refractivity contribution in [1.82, 2.24) is 14.7 Å². The number of hydrogen-bond donors (Lipinski definition) is 0. The first-order valence-electron chi connectivity index (χ1n) is 12.1. The molecule has 2 amide bonds. The topological polar surface area (TPSA) is 53.1 Å². The molecule has 1 aromatic carbocycles. The van der Waals surface area contributed by atoms with Gasteiger partial charge in [-0.15, -0.1) is 0 Å². The van der Waals surface area contributed by atoms with Gasteiger partial charge >= 0.3 is 0 Å². The summed E-state index contributed by atoms with van der Waals surface area (Å²) in [5.41, 5.74) is 0.479. The van der Waals surface area contributed by atoms with Crippen molar-refractivity contribution in [3.8, 4) is 0 Å². The zero-order valence-electron chi connectivity index (χ0n) is 19.3. The van der Waals surface area contributed by atoms with Crippen LogP contribution < -0.4 is 0 Å². The Bertz CT molecular complexity index is 784. The molecule has 3 aliphatic rings. The highest BCUT2D eigenvalue weighted by Gasteiger charge is 2.34. The SMILES string of the molecule is CC1CN(CC2CCN(C(=O)C3CCCN(C(=O)c4ccc(F)cc4)C3)CC2)CC(C)O1. The van der Waals surface area contributed by atoms with Crippen LogP contribution in [0.4, 0.5) is 4.39 Å². The van der Waals surface area contributed by atoms with Crippen LogP contribution >= 0.6 is 0 Å². The minimum atomic E-state index is -0.353. The molecule has 3 aliphatic heterocycles. The van der Waals surface area contributed by atoms with Crippen LogP contribution in [0.1, 0.15) is 49.9 Å². The smallest absolute Gasteiger partial charge is 0.253 e. The van der Waals surface area contributed by atoms with Crippen LogP contribution in [0.2, 0.25) is 0 Å². The quantitative estimate of drug-likeness (QED) is 0.715. The fourth-order valence-electron chi connectivity index (χ4n) is 5.53. The van der Waals surface area contributed by atoms with Crippen molar-refractivity contribution in [3.05, 3.63) is 35.6 Å². The molecule has 0 spiro atoms. The standard InChI is InChI=1S/C25H36FN3O3/c1-18-14-27(15-19(2)32-18)16-20-9-12-28(13-10-20)25(31)22-4-3-11-29(17-22)24(30)21-5-7-23(26)8-6-21/h5-8,18-20,22H,3-4,9-17H2,1-2H3. The van der Waals surface area contributed by atoms with Gasteiger partial charge in [-0.1, -0.05) is 0 Å². The minimum absolute atomic E-state index is 0.116. The lowest BCUT2D eigenvalue weighted by atomic mass is 9.92. The number of halogens is 1. The van der Waals surface area contributed by atoms with Gasteiger partial charge in [0.1, 0.15) is 5.82 Å². The van der Waals surface area contributed by atoms with Gasteiger partial charge < -0.3 is 14.5 Å². The van der Waals surface area contributed by atoms with E-state index in [1.54, 1.807) is 4.90 Å². The summed E-state index contributed by atoms with van der Waals surface area (Å²) < 4.78 is 19.0. The normalized spacial score (nSPS) is 28.0. The second-order valence-electron chi connectivity index (χ2n) is 9.84. The minimum Gasteiger partial charge on any atom is -0.373 e. The average molecular weight is 446 g/mol. The van der Waals surface area contributed by atoms with Crippen molar-refractivity contribution in [2.24, 2.45) is 11.8 Å². The molecule has 6 nitrogen and oxygen atoms in total. The predicted octanol–water partition coefficient (Wildman–Crippen LogP) is 3.03. The summed E-state index contributed by atoms with van der Waals surface area (Å²) in [5, 5.41) is 0. The number of rotatable bonds is 4. The Morgan fingerprint density at radius 1 is 0.938 bits per heavy atom. The van der Waals surface area contributed by atoms with E-state index in [1.807, 2.05) is 4.90 Å². The Morgan fingerprint density at radius 3 is 2.25 bits per heavy atom. The van der Waals surface area contributed by atoms with Crippen LogP contribution in [0.3, 0.4) is 0 Å². The second-order valence-corrected chi connectivity index (χ2v) is 9.84. The Kier molecular flexibility index (Phi) is 7.46. The molecule has 32 heavy (non-hydrogen) atoms. The fourth-order valence-corrected chi connectivity index (χ4v) is 5.53. The molecule has 1 aromatic rings. The van der Waals surface area contributed by atoms with Crippen molar-refractivity contribution >= 4 is 11.8 Å². The van der Waals surface area contributed by atoms with Crippen molar-refractivity contribution in [2.75, 3.05) is 45.8 Å². The van der Waals surface area contributed by atoms with E-state index in [-0.39, 0.29) is 35.8 Å². The number of ether oxygens (including phenoxy) is 1. The summed E-state index contributed by atoms with van der Waals surface area (Å²) in [5.74, 6) is 0.211. The van der Waals surface area contributed by atoms with Crippen LogP contribution in [0, 0.1) is 17.7 Å². The highest BCUT2D eigenvalue weighted by atomic mass is 19.1. The van der Waals surface area contributed by atoms with Crippen molar-refractivity contribution in [1.29, 1.82) is 0 Å². The predicted molar refractivity (Wildman–Crippen MR) is 121 cm³/mol. The largest absolute Gasteiger partial charge is 0.373 e. The number of carbonyl (C=O) groups is 2. The zero-order valence-corrected chi connectivity index (χ0v) is 19.3. The lowest BCUT2D eigenvalue weighted by Gasteiger charge is -2.41. The molecule has 0 bridgehead atoms. The van der Waals surface area contributed by atoms with Crippen molar-refractivity contribution in [2.45, 2.75) is 51.7 Å². The molecule has 3 fully saturated rings. The molecule has 0 saturated carbocycles. The molecule has 4 rings (SSSR count). The lowest BCUT2D eigenvalue weighted by Crippen LogP contribution is -2.50. The summed E-state index contributed by atoms with van der Waals surface area (Å²) in [7, 11) is 0. The van der Waals surface area contributed by atoms with E-state index >= 15 is 0 Å². The second kappa shape index (κ2) is 10.3. The van der Waals surface area contributed by atoms with E-state index in [4.69, 9.17) is 4.74 Å². The number of likely N-dealkylation sites (tertiary alicyclic amines) is 2. The summed E-state index contributed by atoms with van der Waals surface area (Å²) in [6.07, 6.45) is 4.30. The number of hydrogen-bond acceptors (Lipinski definition) is 4. The Balaban J connectivity index is 1.26. The monoisotopic (exact) mass is 445 g/mol. The summed E-state index contributed by atoms with van der Waals surface area (Å²) in [4.78, 5) is 32.3. The number of nitrogens with zero attached hydrogens (tertiary/aromatic N) is 3. The Labute approximate surface area is 190 Å². The highest BCUT2D eigenvalue weighted by molar-refractivity contribution is 5.94. The van der Waals surface area contributed by atoms with Crippen molar-refractivity contribution in [3.63, 3.8) is 0 Å². The molecular weight excluding hydrogens is 409 g/mol. The van der Waals surface area contributed by atoms with Crippen LogP contribution in [-0.4, -0.2) is 84.5 Å². The molecule has 3 saturated heterocycles. The molecule has 3 atom stereocenters. The maximum atomic E-state index is 13.2. The molecule has 0 N–H and O–H groups in total. The summed E-state index contributed by atoms with van der Waals surface area (Å²) in [6.45, 7) is 10.1. The lowest BCUT2D eigenvalue weighted by molar-refractivity contribution is -0.138. The molecule has 0 aliphatic carbocycles. The first-order chi connectivity index (χ1) is 15.4. The summed E-state index contributed by atoms with van der Waals surface area (Å²) >= 11 is 0. The van der Waals surface area contributed by atoms with Crippen LogP contribution in [0.5, 0.6) is 0 Å². The molecule has 176 valence electrons. The number of carbonyl (C=O) groups excluding carboxylic acids is 2. The van der Waals surface area contributed by atoms with Crippen molar-refractivity contribution < 1.29 is 18.7 Å². The molecule has 0 radical (unpaired) electrons. The van der Waals surface area contributed by atoms with Crippen LogP contribution in [0.25, 0.3) is 0 Å². The fraction of sp³-hybridized carbons (Fsp3) is 0.680. The molecule has 3 heterocycles. The Hall–Kier alpha value is -1.99. The van der Waals surface area contributed by atoms with Gasteiger partial charge in [0.2, 0.25) is 5.91 Å². The molecular formula is C25H36FN3O3. The van der Waals surface area contributed by atoms with Gasteiger partial charge in [-0.3, -0.25) is 14.5 Å². The average Bonchev–Trinajstić information content (AvgIpc) is 2.78. The van der Waals surface area contributed by atoms with Gasteiger partial charge in [-0.2, -0.15) is 0 Å². The van der Waals surface area contributed by atoms with E-state index in [1.165, 1.54) is 24.3 Å². The third-order valence-electron chi connectivity index (χ3n) is 7.09. The number of piperidine rings is 2. The van der Waals surface area contributed by atoms with Gasteiger partial charge in [0.15, 0.2) is 0 Å². The molecule has 0 aromatic heterocycles. The van der Waals surface area contributed by atoms with Crippen LogP contribution in [-0.2, 0) is 9.53 Å². The number of morpholine rings is 1. The van der Waals surface area contributed by atoms with E-state index in [0.717, 1.165) is 58.4 Å². The van der Waals surface area contributed by atoms with E-state index in [0.29, 0.717) is 24.6 Å². The third kappa shape index (κ3) is 5.67. The summed E-state index contributed by atoms with van der Waals surface area (Å²) in [6, 6.07) is 5.65. The van der Waals surface area contributed by atoms with E-state index in [2.05, 4.69) is 18.7 Å². The Morgan fingerprint density at radius 2 is 1.59 bits per heavy atom. The van der Waals surface area contributed by atoms with Gasteiger partial charge in [0.05, 0.1) is 18.1 Å². The maximum Gasteiger partial charge on any atom is 0.253 e. The molecule has 3 unspecified atom stereocenters.